The summed E-state index contributed by atoms with van der Waals surface area (Å²) in [5, 5.41) is 20.0. The minimum atomic E-state index is -5.16. The zero-order chi connectivity index (χ0) is 15.1. The largest absolute Gasteiger partial charge is 0.476 e. The second-order valence-electron chi connectivity index (χ2n) is 3.62. The Morgan fingerprint density at radius 1 is 1.21 bits per heavy atom. The fraction of sp³-hybridized carbons (Fsp3) is 0.857. The molecule has 19 heavy (non-hydrogen) atoms. The lowest BCUT2D eigenvalue weighted by molar-refractivity contribution is -0.123. The van der Waals surface area contributed by atoms with Crippen molar-refractivity contribution < 1.29 is 43.1 Å². The number of aliphatic hydroxyl groups excluding tert-OH is 2. The van der Waals surface area contributed by atoms with Crippen molar-refractivity contribution in [2.24, 2.45) is 0 Å². The highest BCUT2D eigenvalue weighted by atomic mass is 31.3. The van der Waals surface area contributed by atoms with Gasteiger partial charge in [-0.3, -0.25) is 9.36 Å². The second-order valence-corrected chi connectivity index (χ2v) is 6.98. The Morgan fingerprint density at radius 2 is 1.79 bits per heavy atom. The molecular formula is C7H17NO9P2. The molecule has 0 spiro atoms. The number of phosphoric acid groups is 1. The van der Waals surface area contributed by atoms with Gasteiger partial charge in [-0.15, -0.1) is 0 Å². The van der Waals surface area contributed by atoms with Gasteiger partial charge in [-0.1, -0.05) is 0 Å². The van der Waals surface area contributed by atoms with Gasteiger partial charge in [-0.25, -0.2) is 8.88 Å². The number of carbonyl (C=O) groups is 1. The van der Waals surface area contributed by atoms with Gasteiger partial charge in [0.25, 0.3) is 0 Å². The van der Waals surface area contributed by atoms with Gasteiger partial charge in [-0.05, 0) is 19.3 Å². The molecule has 0 saturated carbocycles. The van der Waals surface area contributed by atoms with Crippen molar-refractivity contribution in [1.29, 1.82) is 0 Å². The van der Waals surface area contributed by atoms with E-state index in [1.807, 2.05) is 0 Å². The molecule has 2 unspecified atom stereocenters. The predicted octanol–water partition coefficient (Wildman–Crippen LogP) is -1.12. The third kappa shape index (κ3) is 9.26. The van der Waals surface area contributed by atoms with Crippen molar-refractivity contribution >= 4 is 21.3 Å². The van der Waals surface area contributed by atoms with E-state index in [0.717, 1.165) is 0 Å². The Balaban J connectivity index is 3.97. The topological polar surface area (TPSA) is 174 Å². The van der Waals surface area contributed by atoms with E-state index in [2.05, 4.69) is 9.63 Å². The summed E-state index contributed by atoms with van der Waals surface area (Å²) in [4.78, 5) is 36.5. The summed E-state index contributed by atoms with van der Waals surface area (Å²) in [6.07, 6.45) is 0.323. The highest BCUT2D eigenvalue weighted by molar-refractivity contribution is 7.63. The number of carbonyl (C=O) groups excluding carboxylic acids is 1. The fourth-order valence-corrected chi connectivity index (χ4v) is 3.27. The lowest BCUT2D eigenvalue weighted by Gasteiger charge is -2.17. The molecule has 12 heteroatoms. The number of rotatable bonds is 9. The van der Waals surface area contributed by atoms with E-state index in [1.165, 1.54) is 0 Å². The molecule has 2 atom stereocenters. The average molecular weight is 321 g/mol. The number of nitrogens with one attached hydrogen (secondary N) is 1. The molecule has 0 bridgehead atoms. The summed E-state index contributed by atoms with van der Waals surface area (Å²) < 4.78 is 25.3. The molecule has 114 valence electrons. The van der Waals surface area contributed by atoms with Crippen LogP contribution in [0.4, 0.5) is 0 Å². The predicted molar refractivity (Wildman–Crippen MR) is 62.9 cm³/mol. The highest BCUT2D eigenvalue weighted by Crippen LogP contribution is 2.59. The third-order valence-corrected chi connectivity index (χ3v) is 4.75. The average Bonchev–Trinajstić information content (AvgIpc) is 2.24. The molecule has 0 rings (SSSR count). The van der Waals surface area contributed by atoms with Crippen molar-refractivity contribution in [2.45, 2.75) is 25.1 Å². The molecule has 6 N–H and O–H groups in total. The van der Waals surface area contributed by atoms with E-state index in [4.69, 9.17) is 19.8 Å². The van der Waals surface area contributed by atoms with Gasteiger partial charge in [0.1, 0.15) is 6.61 Å². The summed E-state index contributed by atoms with van der Waals surface area (Å²) in [5.41, 5.74) is 0. The Hall–Kier alpha value is -0.310. The van der Waals surface area contributed by atoms with Crippen LogP contribution < -0.4 is 5.32 Å². The van der Waals surface area contributed by atoms with Crippen LogP contribution in [0.1, 0.15) is 19.3 Å². The SMILES string of the molecule is O=C(CO)NCCCCC(O)P(=O)(O)OP(=O)(O)O. The number of unbranched alkanes of at least 4 members (excludes halogenated alkanes) is 1. The van der Waals surface area contributed by atoms with E-state index in [0.29, 0.717) is 6.42 Å². The number of amides is 1. The lowest BCUT2D eigenvalue weighted by Crippen LogP contribution is -2.27. The number of hydrogen-bond donors (Lipinski definition) is 6. The molecule has 0 aromatic rings. The van der Waals surface area contributed by atoms with Gasteiger partial charge < -0.3 is 30.2 Å². The van der Waals surface area contributed by atoms with Crippen molar-refractivity contribution in [1.82, 2.24) is 5.32 Å². The van der Waals surface area contributed by atoms with Crippen molar-refractivity contribution in [3.8, 4) is 0 Å². The van der Waals surface area contributed by atoms with Crippen LogP contribution in [-0.4, -0.2) is 49.8 Å². The normalized spacial score (nSPS) is 16.7. The molecule has 0 aliphatic heterocycles. The molecule has 0 saturated heterocycles. The van der Waals surface area contributed by atoms with Crippen LogP contribution in [0.2, 0.25) is 0 Å². The molecule has 0 aromatic carbocycles. The summed E-state index contributed by atoms with van der Waals surface area (Å²) in [7, 11) is -9.97. The third-order valence-electron chi connectivity index (χ3n) is 1.95. The quantitative estimate of drug-likeness (QED) is 0.227. The van der Waals surface area contributed by atoms with Crippen molar-refractivity contribution in [3.63, 3.8) is 0 Å². The summed E-state index contributed by atoms with van der Waals surface area (Å²) >= 11 is 0. The van der Waals surface area contributed by atoms with Crippen LogP contribution in [0.15, 0.2) is 0 Å². The number of hydrogen-bond acceptors (Lipinski definition) is 6. The van der Waals surface area contributed by atoms with E-state index in [-0.39, 0.29) is 19.4 Å². The van der Waals surface area contributed by atoms with E-state index in [1.54, 1.807) is 0 Å². The zero-order valence-corrected chi connectivity index (χ0v) is 11.7. The Bertz CT molecular complexity index is 381. The fourth-order valence-electron chi connectivity index (χ4n) is 1.11. The Labute approximate surface area is 109 Å². The lowest BCUT2D eigenvalue weighted by atomic mass is 10.2. The van der Waals surface area contributed by atoms with E-state index < -0.39 is 33.8 Å². The van der Waals surface area contributed by atoms with Gasteiger partial charge in [0.15, 0.2) is 5.85 Å². The first kappa shape index (κ1) is 18.7. The molecule has 0 aliphatic rings. The van der Waals surface area contributed by atoms with E-state index in [9.17, 15) is 19.0 Å². The smallest absolute Gasteiger partial charge is 0.387 e. The molecule has 0 fully saturated rings. The van der Waals surface area contributed by atoms with Gasteiger partial charge in [-0.2, -0.15) is 0 Å². The van der Waals surface area contributed by atoms with Crippen LogP contribution in [0.3, 0.4) is 0 Å². The van der Waals surface area contributed by atoms with Gasteiger partial charge >= 0.3 is 15.4 Å². The standard InChI is InChI=1S/C7H17NO9P2/c9-5-6(10)8-4-2-1-3-7(11)18(12,13)17-19(14,15)16/h7,9,11H,1-5H2,(H,8,10)(H,12,13)(H2,14,15,16). The van der Waals surface area contributed by atoms with Crippen LogP contribution in [-0.2, 0) is 18.2 Å². The first-order valence-electron chi connectivity index (χ1n) is 5.23. The molecule has 1 amide bonds. The Morgan fingerprint density at radius 3 is 2.26 bits per heavy atom. The number of aliphatic hydroxyl groups is 2. The van der Waals surface area contributed by atoms with Crippen molar-refractivity contribution in [2.75, 3.05) is 13.2 Å². The maximum atomic E-state index is 11.2. The monoisotopic (exact) mass is 321 g/mol. The van der Waals surface area contributed by atoms with Crippen LogP contribution >= 0.6 is 15.4 Å². The second kappa shape index (κ2) is 8.08. The summed E-state index contributed by atoms with van der Waals surface area (Å²) in [6, 6.07) is 0. The van der Waals surface area contributed by atoms with Gasteiger partial charge in [0.2, 0.25) is 5.91 Å². The van der Waals surface area contributed by atoms with Crippen molar-refractivity contribution in [3.05, 3.63) is 0 Å². The molecular weight excluding hydrogens is 304 g/mol. The van der Waals surface area contributed by atoms with Crippen LogP contribution in [0.25, 0.3) is 0 Å². The summed E-state index contributed by atoms with van der Waals surface area (Å²) in [5.74, 6) is -2.49. The minimum Gasteiger partial charge on any atom is -0.387 e. The maximum absolute atomic E-state index is 11.2. The van der Waals surface area contributed by atoms with E-state index >= 15 is 0 Å². The van der Waals surface area contributed by atoms with Crippen LogP contribution in [0, 0.1) is 0 Å². The molecule has 0 aromatic heterocycles. The minimum absolute atomic E-state index is 0.196. The van der Waals surface area contributed by atoms with Crippen LogP contribution in [0.5, 0.6) is 0 Å². The maximum Gasteiger partial charge on any atom is 0.476 e. The van der Waals surface area contributed by atoms with Gasteiger partial charge in [0, 0.05) is 6.54 Å². The molecule has 10 nitrogen and oxygen atoms in total. The molecule has 0 aliphatic carbocycles. The summed E-state index contributed by atoms with van der Waals surface area (Å²) in [6.45, 7) is -0.453. The molecule has 0 radical (unpaired) electrons. The Kier molecular flexibility index (Phi) is 7.95. The molecule has 0 heterocycles. The first-order valence-corrected chi connectivity index (χ1v) is 8.41. The van der Waals surface area contributed by atoms with Gasteiger partial charge in [0.05, 0.1) is 0 Å². The first-order chi connectivity index (χ1) is 8.58. The highest BCUT2D eigenvalue weighted by Gasteiger charge is 2.37. The zero-order valence-electron chi connectivity index (χ0n) is 9.88.